The van der Waals surface area contributed by atoms with Gasteiger partial charge in [-0.05, 0) is 12.0 Å². The lowest BCUT2D eigenvalue weighted by molar-refractivity contribution is -0.393. The highest BCUT2D eigenvalue weighted by atomic mass is 16.8. The summed E-state index contributed by atoms with van der Waals surface area (Å²) in [6.07, 6.45) is -56.3. The van der Waals surface area contributed by atoms with Crippen molar-refractivity contribution in [2.45, 2.75) is 204 Å². The van der Waals surface area contributed by atoms with E-state index in [1.54, 1.807) is 30.3 Å². The molecule has 0 saturated carbocycles. The van der Waals surface area contributed by atoms with Gasteiger partial charge in [0.2, 0.25) is 0 Å². The average Bonchev–Trinajstić information content (AvgIpc) is 3.57. The second-order valence-corrected chi connectivity index (χ2v) is 20.0. The number of rotatable bonds is 24. The maximum atomic E-state index is 12.3. The molecule has 0 bridgehead atoms. The normalized spacial score (nSPS) is 46.5. The van der Waals surface area contributed by atoms with E-state index in [1.807, 2.05) is 0 Å². The first kappa shape index (κ1) is 65.0. The lowest BCUT2D eigenvalue weighted by Crippen LogP contribution is -2.67. The highest BCUT2D eigenvalue weighted by Gasteiger charge is 2.57. The molecule has 6 heterocycles. The number of aliphatic hydroxyl groups excluding tert-OH is 18. The van der Waals surface area contributed by atoms with Crippen LogP contribution in [0.3, 0.4) is 0 Å². The summed E-state index contributed by atoms with van der Waals surface area (Å²) < 4.78 is 76.1. The van der Waals surface area contributed by atoms with Crippen LogP contribution in [-0.4, -0.2) is 333 Å². The van der Waals surface area contributed by atoms with Crippen molar-refractivity contribution in [3.8, 4) is 0 Å². The van der Waals surface area contributed by atoms with Gasteiger partial charge in [-0.2, -0.15) is 0 Å². The minimum absolute atomic E-state index is 0.0999. The SMILES string of the molecule is O=C(O)CCCO[C@@H]1OC(CO[C@H]2OC(CO[C@H]3OC(CO)[C@@H](O)[C@H](O)C3O[C@H]3OC(CO)[C@@H](O)[C@H](O)C3O)[C@@H](O)[C@H](O)C2O)[C@@H](O)[C@H](O[C@H]2OC(CO)[C@@H](O)[C@H](O)C2O[C@H]2OC(CO)[C@@H](O)[C@H](O)C2O)C1OCc1ccccc1. The molecule has 1 aromatic carbocycles. The molecule has 0 amide bonds. The van der Waals surface area contributed by atoms with Gasteiger partial charge in [0.05, 0.1) is 52.9 Å². The minimum Gasteiger partial charge on any atom is -0.481 e. The van der Waals surface area contributed by atoms with Crippen molar-refractivity contribution in [3.05, 3.63) is 35.9 Å². The van der Waals surface area contributed by atoms with Crippen molar-refractivity contribution in [2.24, 2.45) is 0 Å². The summed E-state index contributed by atoms with van der Waals surface area (Å²) in [6, 6.07) is 8.43. The molecule has 30 atom stereocenters. The third kappa shape index (κ3) is 14.9. The second kappa shape index (κ2) is 29.5. The number of aliphatic hydroxyl groups is 18. The maximum absolute atomic E-state index is 12.3. The molecule has 6 saturated heterocycles. The minimum atomic E-state index is -2.09. The van der Waals surface area contributed by atoms with Crippen LogP contribution in [0.15, 0.2) is 30.3 Å². The molecule has 12 unspecified atom stereocenters. The summed E-state index contributed by atoms with van der Waals surface area (Å²) >= 11 is 0. The third-order valence-corrected chi connectivity index (χ3v) is 14.5. The molecule has 7 rings (SSSR count). The molecule has 6 aliphatic heterocycles. The Bertz CT molecular complexity index is 2000. The molecular weight excluding hydrogens is 1090 g/mol. The Morgan fingerprint density at radius 1 is 0.375 bits per heavy atom. The van der Waals surface area contributed by atoms with Crippen LogP contribution in [0, 0.1) is 0 Å². The summed E-state index contributed by atoms with van der Waals surface area (Å²) in [4.78, 5) is 11.5. The fourth-order valence-corrected chi connectivity index (χ4v) is 9.73. The van der Waals surface area contributed by atoms with Crippen molar-refractivity contribution in [3.63, 3.8) is 0 Å². The van der Waals surface area contributed by atoms with E-state index in [4.69, 9.17) is 61.6 Å². The number of hydrogen-bond donors (Lipinski definition) is 19. The van der Waals surface area contributed by atoms with Gasteiger partial charge in [0.25, 0.3) is 0 Å². The van der Waals surface area contributed by atoms with E-state index in [1.165, 1.54) is 0 Å². The van der Waals surface area contributed by atoms with E-state index >= 15 is 0 Å². The highest BCUT2D eigenvalue weighted by molar-refractivity contribution is 5.66. The highest BCUT2D eigenvalue weighted by Crippen LogP contribution is 2.36. The molecule has 1 aromatic rings. The predicted molar refractivity (Wildman–Crippen MR) is 249 cm³/mol. The van der Waals surface area contributed by atoms with Crippen molar-refractivity contribution in [2.75, 3.05) is 46.2 Å². The maximum Gasteiger partial charge on any atom is 0.303 e. The molecule has 460 valence electrons. The zero-order chi connectivity index (χ0) is 58.3. The topological polar surface area (TPSA) is 521 Å². The van der Waals surface area contributed by atoms with Crippen LogP contribution in [0.25, 0.3) is 0 Å². The molecule has 0 spiro atoms. The Kier molecular flexibility index (Phi) is 24.0. The molecule has 0 aliphatic carbocycles. The molecule has 6 aliphatic rings. The van der Waals surface area contributed by atoms with Gasteiger partial charge in [-0.3, -0.25) is 4.79 Å². The van der Waals surface area contributed by atoms with E-state index in [2.05, 4.69) is 0 Å². The first-order valence-corrected chi connectivity index (χ1v) is 25.7. The van der Waals surface area contributed by atoms with E-state index in [-0.39, 0.29) is 26.1 Å². The summed E-state index contributed by atoms with van der Waals surface area (Å²) in [5.74, 6) is -1.18. The summed E-state index contributed by atoms with van der Waals surface area (Å²) in [5, 5.41) is 202. The molecular formula is C47H74O33. The van der Waals surface area contributed by atoms with Gasteiger partial charge in [0, 0.05) is 6.42 Å². The first-order valence-electron chi connectivity index (χ1n) is 25.7. The molecule has 33 heteroatoms. The smallest absolute Gasteiger partial charge is 0.303 e. The van der Waals surface area contributed by atoms with Gasteiger partial charge in [-0.25, -0.2) is 0 Å². The summed E-state index contributed by atoms with van der Waals surface area (Å²) in [7, 11) is 0. The monoisotopic (exact) mass is 1170 g/mol. The van der Waals surface area contributed by atoms with E-state index in [9.17, 15) is 102 Å². The number of aliphatic carboxylic acids is 1. The predicted octanol–water partition coefficient (Wildman–Crippen LogP) is -11.0. The first-order chi connectivity index (χ1) is 38.1. The lowest BCUT2D eigenvalue weighted by Gasteiger charge is -2.49. The Labute approximate surface area is 454 Å². The Hall–Kier alpha value is -2.55. The van der Waals surface area contributed by atoms with Gasteiger partial charge >= 0.3 is 5.97 Å². The van der Waals surface area contributed by atoms with E-state index in [0.717, 1.165) is 0 Å². The average molecular weight is 1170 g/mol. The number of carboxylic acid groups (broad SMARTS) is 1. The van der Waals surface area contributed by atoms with Crippen LogP contribution in [-0.2, 0) is 73.0 Å². The molecule has 19 N–H and O–H groups in total. The molecule has 33 nitrogen and oxygen atoms in total. The van der Waals surface area contributed by atoms with Crippen LogP contribution in [0.1, 0.15) is 18.4 Å². The number of hydrogen-bond acceptors (Lipinski definition) is 32. The van der Waals surface area contributed by atoms with Crippen LogP contribution >= 0.6 is 0 Å². The van der Waals surface area contributed by atoms with Gasteiger partial charge in [-0.15, -0.1) is 0 Å². The summed E-state index contributed by atoms with van der Waals surface area (Å²) in [5.41, 5.74) is 0.559. The van der Waals surface area contributed by atoms with Gasteiger partial charge < -0.3 is 159 Å². The summed E-state index contributed by atoms with van der Waals surface area (Å²) in [6.45, 7) is -5.88. The number of ether oxygens (including phenoxy) is 13. The fraction of sp³-hybridized carbons (Fsp3) is 0.851. The van der Waals surface area contributed by atoms with E-state index in [0.29, 0.717) is 5.56 Å². The number of benzene rings is 1. The number of carbonyl (C=O) groups is 1. The van der Waals surface area contributed by atoms with Crippen LogP contribution in [0.5, 0.6) is 0 Å². The Balaban J connectivity index is 1.13. The van der Waals surface area contributed by atoms with Crippen LogP contribution in [0.2, 0.25) is 0 Å². The standard InChI is InChI=1S/C47H74O33/c48-9-17-24(54)30(60)36(66)43(72-17)79-39-33(63)26(56)19(11-50)74-45(39)71-14-21-28(58)32(62)35(65)42(76-21)70-15-22-29(59)38(41(69-13-16-5-2-1-3-6-16)46(77-22)68-8-4-7-23(52)53)78-47-40(34(64)27(57)20(12-51)75-47)80-44-37(67)31(61)25(55)18(10-49)73-44/h1-3,5-6,17-22,24-51,54-67H,4,7-15H2,(H,52,53)/t17?,18?,19?,20?,21?,22?,24-,25-,26-,27-,28-,29-,30+,31+,32+,33+,34+,35?,36?,37?,38+,39?,40?,41?,42+,43-,44-,45+,46-,47-/m1/s1. The van der Waals surface area contributed by atoms with Crippen molar-refractivity contribution in [1.29, 1.82) is 0 Å². The van der Waals surface area contributed by atoms with Gasteiger partial charge in [0.1, 0.15) is 146 Å². The lowest BCUT2D eigenvalue weighted by atomic mass is 9.96. The quantitative estimate of drug-likeness (QED) is 0.0427. The molecule has 6 fully saturated rings. The van der Waals surface area contributed by atoms with Crippen molar-refractivity contribution >= 4 is 5.97 Å². The van der Waals surface area contributed by atoms with Crippen LogP contribution in [0.4, 0.5) is 0 Å². The number of carboxylic acids is 1. The van der Waals surface area contributed by atoms with Crippen LogP contribution < -0.4 is 0 Å². The zero-order valence-corrected chi connectivity index (χ0v) is 42.5. The molecule has 0 aromatic heterocycles. The zero-order valence-electron chi connectivity index (χ0n) is 42.5. The largest absolute Gasteiger partial charge is 0.481 e. The molecule has 80 heavy (non-hydrogen) atoms. The van der Waals surface area contributed by atoms with Crippen molar-refractivity contribution in [1.82, 2.24) is 0 Å². The second-order valence-electron chi connectivity index (χ2n) is 20.0. The Morgan fingerprint density at radius 3 is 1.25 bits per heavy atom. The molecule has 0 radical (unpaired) electrons. The third-order valence-electron chi connectivity index (χ3n) is 14.5. The van der Waals surface area contributed by atoms with E-state index < -0.39 is 230 Å². The fourth-order valence-electron chi connectivity index (χ4n) is 9.73. The van der Waals surface area contributed by atoms with Crippen molar-refractivity contribution < 1.29 is 163 Å². The van der Waals surface area contributed by atoms with Gasteiger partial charge in [0.15, 0.2) is 37.7 Å². The Morgan fingerprint density at radius 2 is 0.750 bits per heavy atom. The van der Waals surface area contributed by atoms with Gasteiger partial charge in [-0.1, -0.05) is 30.3 Å².